The Morgan fingerprint density at radius 3 is 2.24 bits per heavy atom. The van der Waals surface area contributed by atoms with E-state index in [1.54, 1.807) is 29.2 Å². The number of rotatable bonds is 4. The van der Waals surface area contributed by atoms with Gasteiger partial charge >= 0.3 is 6.09 Å². The van der Waals surface area contributed by atoms with E-state index < -0.39 is 5.60 Å². The molecule has 0 bridgehead atoms. The van der Waals surface area contributed by atoms with E-state index in [0.29, 0.717) is 48.9 Å². The fraction of sp³-hybridized carbons (Fsp3) is 0.429. The molecule has 2 fully saturated rings. The van der Waals surface area contributed by atoms with Gasteiger partial charge in [-0.05, 0) is 63.3 Å². The monoisotopic (exact) mass is 501 g/mol. The number of carbonyl (C=O) groups excluding carboxylic acids is 3. The lowest BCUT2D eigenvalue weighted by Gasteiger charge is -2.37. The molecule has 3 amide bonds. The Morgan fingerprint density at radius 2 is 1.65 bits per heavy atom. The van der Waals surface area contributed by atoms with Crippen LogP contribution in [0.5, 0.6) is 0 Å². The maximum Gasteiger partial charge on any atom is 0.410 e. The second kappa shape index (κ2) is 8.61. The van der Waals surface area contributed by atoms with Crippen molar-refractivity contribution in [3.05, 3.63) is 65.1 Å². The number of nitrogens with zero attached hydrogens (tertiary/aromatic N) is 5. The van der Waals surface area contributed by atoms with Crippen molar-refractivity contribution in [3.63, 3.8) is 0 Å². The molecule has 37 heavy (non-hydrogen) atoms. The molecule has 0 radical (unpaired) electrons. The summed E-state index contributed by atoms with van der Waals surface area (Å²) in [6, 6.07) is 9.14. The molecule has 3 aromatic rings. The van der Waals surface area contributed by atoms with Crippen molar-refractivity contribution in [1.29, 1.82) is 0 Å². The van der Waals surface area contributed by atoms with Gasteiger partial charge in [0.05, 0.1) is 29.1 Å². The maximum atomic E-state index is 12.9. The highest BCUT2D eigenvalue weighted by Gasteiger charge is 2.36. The fourth-order valence-electron chi connectivity index (χ4n) is 5.10. The van der Waals surface area contributed by atoms with Crippen LogP contribution in [0.15, 0.2) is 42.7 Å². The number of hydrogen-bond donors (Lipinski definition) is 0. The van der Waals surface area contributed by atoms with Crippen LogP contribution in [-0.4, -0.2) is 68.9 Å². The number of fused-ring (bicyclic) bond motifs is 2. The van der Waals surface area contributed by atoms with Crippen LogP contribution in [0.25, 0.3) is 5.65 Å². The van der Waals surface area contributed by atoms with Gasteiger partial charge < -0.3 is 18.9 Å². The molecule has 1 saturated heterocycles. The van der Waals surface area contributed by atoms with E-state index in [-0.39, 0.29) is 24.5 Å². The summed E-state index contributed by atoms with van der Waals surface area (Å²) in [5, 5.41) is 0. The van der Waals surface area contributed by atoms with Gasteiger partial charge in [-0.15, -0.1) is 0 Å². The molecule has 9 heteroatoms. The SMILES string of the molecule is CC(C)(C)OC(=O)N1CCN(c2cc(C3CC3)cn3cc(CN4C(=O)c5ccccc5C4=O)nc23)CC1. The lowest BCUT2D eigenvalue weighted by molar-refractivity contribution is 0.0240. The number of hydrogen-bond acceptors (Lipinski definition) is 6. The molecular formula is C28H31N5O4. The molecule has 0 atom stereocenters. The smallest absolute Gasteiger partial charge is 0.410 e. The van der Waals surface area contributed by atoms with Crippen molar-refractivity contribution in [1.82, 2.24) is 19.2 Å². The first-order valence-electron chi connectivity index (χ1n) is 12.9. The van der Waals surface area contributed by atoms with Gasteiger partial charge in [-0.1, -0.05) is 12.1 Å². The second-order valence-electron chi connectivity index (χ2n) is 11.1. The zero-order valence-electron chi connectivity index (χ0n) is 21.4. The third-order valence-electron chi connectivity index (χ3n) is 7.12. The summed E-state index contributed by atoms with van der Waals surface area (Å²) < 4.78 is 7.57. The van der Waals surface area contributed by atoms with Crippen molar-refractivity contribution in [2.75, 3.05) is 31.1 Å². The summed E-state index contributed by atoms with van der Waals surface area (Å²) >= 11 is 0. The molecule has 2 aromatic heterocycles. The zero-order chi connectivity index (χ0) is 25.9. The van der Waals surface area contributed by atoms with Gasteiger partial charge in [0, 0.05) is 38.6 Å². The third-order valence-corrected chi connectivity index (χ3v) is 7.12. The molecule has 192 valence electrons. The van der Waals surface area contributed by atoms with E-state index in [1.165, 1.54) is 23.3 Å². The Labute approximate surface area is 215 Å². The van der Waals surface area contributed by atoms with Crippen LogP contribution in [-0.2, 0) is 11.3 Å². The maximum absolute atomic E-state index is 12.9. The highest BCUT2D eigenvalue weighted by atomic mass is 16.6. The number of amides is 3. The van der Waals surface area contributed by atoms with Gasteiger partial charge in [0.1, 0.15) is 5.60 Å². The number of aromatic nitrogens is 2. The molecule has 0 spiro atoms. The van der Waals surface area contributed by atoms with Crippen LogP contribution >= 0.6 is 0 Å². The number of imide groups is 1. The Hall–Kier alpha value is -3.88. The molecule has 9 nitrogen and oxygen atoms in total. The Balaban J connectivity index is 1.25. The summed E-state index contributed by atoms with van der Waals surface area (Å²) in [7, 11) is 0. The van der Waals surface area contributed by atoms with E-state index in [1.807, 2.05) is 31.4 Å². The van der Waals surface area contributed by atoms with Crippen LogP contribution in [0.3, 0.4) is 0 Å². The van der Waals surface area contributed by atoms with Crippen LogP contribution in [0.2, 0.25) is 0 Å². The van der Waals surface area contributed by atoms with Gasteiger partial charge in [0.2, 0.25) is 0 Å². The molecule has 6 rings (SSSR count). The first-order chi connectivity index (χ1) is 17.7. The van der Waals surface area contributed by atoms with Gasteiger partial charge in [-0.2, -0.15) is 0 Å². The number of piperazine rings is 1. The minimum absolute atomic E-state index is 0.124. The number of carbonyl (C=O) groups is 3. The van der Waals surface area contributed by atoms with Crippen LogP contribution in [0.1, 0.15) is 71.5 Å². The first kappa shape index (κ1) is 23.5. The molecule has 2 aliphatic heterocycles. The summed E-state index contributed by atoms with van der Waals surface area (Å²) in [6.45, 7) is 8.22. The van der Waals surface area contributed by atoms with E-state index in [0.717, 1.165) is 11.3 Å². The average molecular weight is 502 g/mol. The Kier molecular flexibility index (Phi) is 5.47. The summed E-state index contributed by atoms with van der Waals surface area (Å²) in [5.41, 5.74) is 4.10. The van der Waals surface area contributed by atoms with Crippen LogP contribution < -0.4 is 4.90 Å². The molecule has 1 aromatic carbocycles. The number of pyridine rings is 1. The number of benzene rings is 1. The molecular weight excluding hydrogens is 470 g/mol. The average Bonchev–Trinajstić information content (AvgIpc) is 3.60. The lowest BCUT2D eigenvalue weighted by Crippen LogP contribution is -2.50. The number of ether oxygens (including phenoxy) is 1. The molecule has 0 unspecified atom stereocenters. The molecule has 4 heterocycles. The topological polar surface area (TPSA) is 87.5 Å². The van der Waals surface area contributed by atoms with Gasteiger partial charge in [0.15, 0.2) is 5.65 Å². The largest absolute Gasteiger partial charge is 0.444 e. The molecule has 3 aliphatic rings. The highest BCUT2D eigenvalue weighted by Crippen LogP contribution is 2.42. The van der Waals surface area contributed by atoms with Gasteiger partial charge in [0.25, 0.3) is 11.8 Å². The van der Waals surface area contributed by atoms with Crippen molar-refractivity contribution < 1.29 is 19.1 Å². The van der Waals surface area contributed by atoms with Crippen LogP contribution in [0, 0.1) is 0 Å². The number of imidazole rings is 1. The molecule has 1 saturated carbocycles. The molecule has 0 N–H and O–H groups in total. The van der Waals surface area contributed by atoms with Crippen molar-refractivity contribution >= 4 is 29.2 Å². The predicted molar refractivity (Wildman–Crippen MR) is 138 cm³/mol. The number of anilines is 1. The molecule has 1 aliphatic carbocycles. The predicted octanol–water partition coefficient (Wildman–Crippen LogP) is 4.07. The Bertz CT molecular complexity index is 1370. The van der Waals surface area contributed by atoms with Crippen molar-refractivity contribution in [2.45, 2.75) is 51.7 Å². The van der Waals surface area contributed by atoms with Crippen molar-refractivity contribution in [3.8, 4) is 0 Å². The van der Waals surface area contributed by atoms with E-state index in [2.05, 4.69) is 17.2 Å². The van der Waals surface area contributed by atoms with E-state index >= 15 is 0 Å². The summed E-state index contributed by atoms with van der Waals surface area (Å²) in [5.74, 6) is -0.0158. The van der Waals surface area contributed by atoms with Crippen molar-refractivity contribution in [2.24, 2.45) is 0 Å². The zero-order valence-corrected chi connectivity index (χ0v) is 21.4. The van der Waals surface area contributed by atoms with Gasteiger partial charge in [-0.3, -0.25) is 14.5 Å². The third kappa shape index (κ3) is 4.43. The Morgan fingerprint density at radius 1 is 1.00 bits per heavy atom. The van der Waals surface area contributed by atoms with E-state index in [9.17, 15) is 14.4 Å². The normalized spacial score (nSPS) is 18.1. The minimum Gasteiger partial charge on any atom is -0.444 e. The van der Waals surface area contributed by atoms with Gasteiger partial charge in [-0.25, -0.2) is 9.78 Å². The standard InChI is InChI=1S/C28H31N5O4/c1-28(2,3)37-27(36)31-12-10-30(11-13-31)23-14-19(18-8-9-18)15-32-16-20(29-24(23)32)17-33-25(34)21-6-4-5-7-22(21)26(33)35/h4-7,14-16,18H,8-13,17H2,1-3H3. The lowest BCUT2D eigenvalue weighted by atomic mass is 10.1. The second-order valence-corrected chi connectivity index (χ2v) is 11.1. The first-order valence-corrected chi connectivity index (χ1v) is 12.9. The highest BCUT2D eigenvalue weighted by molar-refractivity contribution is 6.21. The quantitative estimate of drug-likeness (QED) is 0.501. The summed E-state index contributed by atoms with van der Waals surface area (Å²) in [6.07, 6.45) is 6.10. The fourth-order valence-corrected chi connectivity index (χ4v) is 5.10. The van der Waals surface area contributed by atoms with Crippen LogP contribution in [0.4, 0.5) is 10.5 Å². The summed E-state index contributed by atoms with van der Waals surface area (Å²) in [4.78, 5) is 48.5. The minimum atomic E-state index is -0.523. The van der Waals surface area contributed by atoms with E-state index in [4.69, 9.17) is 9.72 Å².